The molecule has 0 saturated heterocycles. The zero-order valence-corrected chi connectivity index (χ0v) is 7.19. The average molecular weight is 248 g/mol. The van der Waals surface area contributed by atoms with Crippen LogP contribution in [-0.2, 0) is 15.6 Å². The fourth-order valence-electron chi connectivity index (χ4n) is 0.386. The van der Waals surface area contributed by atoms with Crippen molar-refractivity contribution in [3.8, 4) is 0 Å². The Balaban J connectivity index is 5.18. The summed E-state index contributed by atoms with van der Waals surface area (Å²) in [6, 6.07) is 0. The summed E-state index contributed by atoms with van der Waals surface area (Å²) in [4.78, 5) is 0. The normalized spacial score (nSPS) is 16.9. The summed E-state index contributed by atoms with van der Waals surface area (Å²) in [5.41, 5.74) is -4.78. The van der Waals surface area contributed by atoms with Gasteiger partial charge in [-0.2, -0.15) is 30.6 Å². The molecule has 0 spiro atoms. The van der Waals surface area contributed by atoms with Crippen molar-refractivity contribution < 1.29 is 38.6 Å². The fraction of sp³-hybridized carbons (Fsp3) is 1.00. The minimum atomic E-state index is -5.91. The molecule has 0 aliphatic rings. The first-order valence-corrected chi connectivity index (χ1v) is 3.80. The molecule has 0 fully saturated rings. The van der Waals surface area contributed by atoms with Crippen LogP contribution in [-0.4, -0.2) is 22.2 Å². The Labute approximate surface area is 76.0 Å². The third-order valence-electron chi connectivity index (χ3n) is 1.31. The zero-order valence-electron chi connectivity index (χ0n) is 6.37. The second kappa shape index (κ2) is 3.65. The maximum absolute atomic E-state index is 11.8. The van der Waals surface area contributed by atoms with Gasteiger partial charge in [0.15, 0.2) is 0 Å². The van der Waals surface area contributed by atoms with Crippen LogP contribution in [0.5, 0.6) is 0 Å². The van der Waals surface area contributed by atoms with E-state index in [1.807, 2.05) is 0 Å². The van der Waals surface area contributed by atoms with Gasteiger partial charge in [0.05, 0.1) is 0 Å². The van der Waals surface area contributed by atoms with Crippen LogP contribution in [0, 0.1) is 0 Å². The van der Waals surface area contributed by atoms with Crippen LogP contribution in [0.3, 0.4) is 0 Å². The van der Waals surface area contributed by atoms with E-state index in [-0.39, 0.29) is 0 Å². The van der Waals surface area contributed by atoms with Crippen LogP contribution in [0.2, 0.25) is 0 Å². The Bertz CT molecular complexity index is 217. The second-order valence-corrected chi connectivity index (χ2v) is 2.86. The lowest BCUT2D eigenvalue weighted by molar-refractivity contribution is -0.349. The third-order valence-corrected chi connectivity index (χ3v) is 1.78. The number of hydrogen-bond donors (Lipinski definition) is 0. The lowest BCUT2D eigenvalue weighted by atomic mass is 10.1. The molecular weight excluding hydrogens is 245 g/mol. The van der Waals surface area contributed by atoms with E-state index in [4.69, 9.17) is 0 Å². The molecule has 0 aliphatic carbocycles. The predicted molar refractivity (Wildman–Crippen MR) is 30.9 cm³/mol. The van der Waals surface area contributed by atoms with Crippen LogP contribution in [0.25, 0.3) is 0 Å². The van der Waals surface area contributed by atoms with Crippen molar-refractivity contribution in [3.05, 3.63) is 0 Å². The molecule has 0 heterocycles. The average Bonchev–Trinajstić information content (AvgIpc) is 1.79. The Morgan fingerprint density at radius 2 is 1.29 bits per heavy atom. The minimum absolute atomic E-state index is 0.454. The van der Waals surface area contributed by atoms with Gasteiger partial charge in [-0.15, -0.1) is 3.89 Å². The van der Waals surface area contributed by atoms with E-state index < -0.39 is 36.3 Å². The number of alkyl halides is 6. The van der Waals surface area contributed by atoms with E-state index >= 15 is 0 Å². The van der Waals surface area contributed by atoms with Gasteiger partial charge in [-0.1, -0.05) is 0 Å². The van der Waals surface area contributed by atoms with Gasteiger partial charge in [0, 0.05) is 0 Å². The molecule has 0 aromatic heterocycles. The molecule has 14 heavy (non-hydrogen) atoms. The van der Waals surface area contributed by atoms with Gasteiger partial charge in [-0.05, 0) is 6.92 Å². The van der Waals surface area contributed by atoms with Crippen molar-refractivity contribution in [2.45, 2.75) is 24.9 Å². The van der Waals surface area contributed by atoms with Crippen LogP contribution < -0.4 is 0 Å². The van der Waals surface area contributed by atoms with Crippen LogP contribution in [0.4, 0.5) is 30.2 Å². The first-order valence-electron chi connectivity index (χ1n) is 2.83. The molecule has 0 rings (SSSR count). The third kappa shape index (κ3) is 2.56. The van der Waals surface area contributed by atoms with Crippen molar-refractivity contribution >= 4 is 11.5 Å². The summed E-state index contributed by atoms with van der Waals surface area (Å²) in [5, 5.41) is 0. The lowest BCUT2D eigenvalue weighted by Gasteiger charge is -2.31. The quantitative estimate of drug-likeness (QED) is 0.554. The molecule has 0 aliphatic heterocycles. The highest BCUT2D eigenvalue weighted by Crippen LogP contribution is 2.45. The second-order valence-electron chi connectivity index (χ2n) is 2.31. The molecule has 0 aromatic rings. The number of rotatable bonds is 2. The Morgan fingerprint density at radius 1 is 1.00 bits per heavy atom. The van der Waals surface area contributed by atoms with Crippen molar-refractivity contribution in [1.29, 1.82) is 0 Å². The molecule has 10 heteroatoms. The maximum Gasteiger partial charge on any atom is 0.427 e. The van der Waals surface area contributed by atoms with Crippen molar-refractivity contribution in [2.75, 3.05) is 0 Å². The van der Waals surface area contributed by atoms with Gasteiger partial charge in [-0.3, -0.25) is 0 Å². The number of hydrogen-bond acceptors (Lipinski definition) is 2. The summed E-state index contributed by atoms with van der Waals surface area (Å²) in [6.45, 7) is -0.454. The van der Waals surface area contributed by atoms with Gasteiger partial charge >= 0.3 is 23.8 Å². The van der Waals surface area contributed by atoms with E-state index in [2.05, 4.69) is 4.18 Å². The van der Waals surface area contributed by atoms with Crippen LogP contribution in [0.15, 0.2) is 0 Å². The lowest BCUT2D eigenvalue weighted by Crippen LogP contribution is -2.56. The Hall–Kier alpha value is -0.380. The highest BCUT2D eigenvalue weighted by molar-refractivity contribution is 7.74. The number of halogens is 7. The highest BCUT2D eigenvalue weighted by Gasteiger charge is 2.70. The van der Waals surface area contributed by atoms with Gasteiger partial charge in [0.1, 0.15) is 0 Å². The summed E-state index contributed by atoms with van der Waals surface area (Å²) in [5.74, 6) is 0. The molecular formula is C4H3F7O2S. The monoisotopic (exact) mass is 248 g/mol. The maximum atomic E-state index is 11.8. The molecule has 1 atom stereocenters. The zero-order chi connectivity index (χ0) is 11.8. The summed E-state index contributed by atoms with van der Waals surface area (Å²) < 4.78 is 94.7. The SMILES string of the molecule is CC(OS(=O)F)(C(F)(F)F)C(F)(F)F. The topological polar surface area (TPSA) is 26.3 Å². The molecule has 0 saturated carbocycles. The van der Waals surface area contributed by atoms with E-state index in [0.717, 1.165) is 0 Å². The standard InChI is InChI=1S/C4H3F7O2S/c1-2(3(5,6)7,4(8,9)10)13-14(11)12/h1H3. The van der Waals surface area contributed by atoms with Gasteiger partial charge in [0.25, 0.3) is 5.60 Å². The Morgan fingerprint density at radius 3 is 1.36 bits per heavy atom. The van der Waals surface area contributed by atoms with Crippen molar-refractivity contribution in [2.24, 2.45) is 0 Å². The van der Waals surface area contributed by atoms with E-state index in [1.165, 1.54) is 0 Å². The van der Waals surface area contributed by atoms with E-state index in [9.17, 15) is 34.4 Å². The van der Waals surface area contributed by atoms with Gasteiger partial charge in [0.2, 0.25) is 0 Å². The summed E-state index contributed by atoms with van der Waals surface area (Å²) in [7, 11) is 0. The molecule has 0 bridgehead atoms. The molecule has 0 aromatic carbocycles. The predicted octanol–water partition coefficient (Wildman–Crippen LogP) is 2.43. The van der Waals surface area contributed by atoms with Crippen LogP contribution >= 0.6 is 0 Å². The molecule has 0 N–H and O–H groups in total. The van der Waals surface area contributed by atoms with E-state index in [1.54, 1.807) is 0 Å². The largest absolute Gasteiger partial charge is 0.427 e. The minimum Gasteiger partial charge on any atom is -0.239 e. The molecule has 0 amide bonds. The Kier molecular flexibility index (Phi) is 3.55. The first-order chi connectivity index (χ1) is 5.92. The smallest absolute Gasteiger partial charge is 0.239 e. The van der Waals surface area contributed by atoms with Crippen LogP contribution in [0.1, 0.15) is 6.92 Å². The molecule has 86 valence electrons. The van der Waals surface area contributed by atoms with Gasteiger partial charge in [-0.25, -0.2) is 4.18 Å². The molecule has 2 nitrogen and oxygen atoms in total. The van der Waals surface area contributed by atoms with E-state index in [0.29, 0.717) is 0 Å². The fourth-order valence-corrected chi connectivity index (χ4v) is 0.837. The molecule has 1 unspecified atom stereocenters. The highest BCUT2D eigenvalue weighted by atomic mass is 32.2. The first kappa shape index (κ1) is 13.6. The van der Waals surface area contributed by atoms with Crippen molar-refractivity contribution in [1.82, 2.24) is 0 Å². The van der Waals surface area contributed by atoms with Crippen molar-refractivity contribution in [3.63, 3.8) is 0 Å². The molecule has 0 radical (unpaired) electrons. The summed E-state index contributed by atoms with van der Waals surface area (Å²) in [6.07, 6.45) is -11.8. The van der Waals surface area contributed by atoms with Gasteiger partial charge < -0.3 is 0 Å². The summed E-state index contributed by atoms with van der Waals surface area (Å²) >= 11 is -4.17.